The molecule has 0 aliphatic rings. The summed E-state index contributed by atoms with van der Waals surface area (Å²) in [5.41, 5.74) is 2.34. The third-order valence-corrected chi connectivity index (χ3v) is 2.91. The predicted molar refractivity (Wildman–Crippen MR) is 68.7 cm³/mol. The Morgan fingerprint density at radius 3 is 2.56 bits per heavy atom. The van der Waals surface area contributed by atoms with Crippen molar-refractivity contribution in [2.45, 2.75) is 33.2 Å². The lowest BCUT2D eigenvalue weighted by atomic mass is 9.97. The van der Waals surface area contributed by atoms with Crippen molar-refractivity contribution in [3.63, 3.8) is 0 Å². The molecule has 1 N–H and O–H groups in total. The molecule has 0 radical (unpaired) electrons. The zero-order chi connectivity index (χ0) is 12.1. The van der Waals surface area contributed by atoms with Crippen molar-refractivity contribution in [3.05, 3.63) is 29.3 Å². The van der Waals surface area contributed by atoms with Crippen molar-refractivity contribution in [1.82, 2.24) is 4.90 Å². The number of benzene rings is 1. The van der Waals surface area contributed by atoms with Crippen molar-refractivity contribution < 1.29 is 5.11 Å². The lowest BCUT2D eigenvalue weighted by Gasteiger charge is -2.14. The molecule has 0 amide bonds. The minimum absolute atomic E-state index is 0.404. The topological polar surface area (TPSA) is 23.5 Å². The zero-order valence-electron chi connectivity index (χ0n) is 10.8. The average molecular weight is 221 g/mol. The summed E-state index contributed by atoms with van der Waals surface area (Å²) in [6.07, 6.45) is 2.29. The van der Waals surface area contributed by atoms with E-state index in [9.17, 15) is 5.11 Å². The molecule has 0 aromatic heterocycles. The van der Waals surface area contributed by atoms with Gasteiger partial charge in [0.05, 0.1) is 0 Å². The van der Waals surface area contributed by atoms with Gasteiger partial charge in [-0.05, 0) is 38.1 Å². The summed E-state index contributed by atoms with van der Waals surface area (Å²) in [5, 5.41) is 9.75. The Labute approximate surface area is 98.9 Å². The van der Waals surface area contributed by atoms with Gasteiger partial charge >= 0.3 is 0 Å². The molecule has 0 bridgehead atoms. The van der Waals surface area contributed by atoms with Crippen molar-refractivity contribution in [2.24, 2.45) is 5.92 Å². The number of phenols is 1. The van der Waals surface area contributed by atoms with Gasteiger partial charge in [-0.25, -0.2) is 0 Å². The van der Waals surface area contributed by atoms with Gasteiger partial charge in [-0.15, -0.1) is 0 Å². The second kappa shape index (κ2) is 5.90. The highest BCUT2D eigenvalue weighted by Gasteiger charge is 2.06. The lowest BCUT2D eigenvalue weighted by molar-refractivity contribution is 0.385. The molecule has 90 valence electrons. The number of hydrogen-bond acceptors (Lipinski definition) is 2. The summed E-state index contributed by atoms with van der Waals surface area (Å²) in [7, 11) is 4.03. The van der Waals surface area contributed by atoms with Crippen LogP contribution in [0.3, 0.4) is 0 Å². The van der Waals surface area contributed by atoms with Crippen molar-refractivity contribution in [1.29, 1.82) is 0 Å². The predicted octanol–water partition coefficient (Wildman–Crippen LogP) is 3.04. The molecule has 0 saturated carbocycles. The van der Waals surface area contributed by atoms with E-state index >= 15 is 0 Å². The Hall–Kier alpha value is -1.02. The maximum atomic E-state index is 9.75. The van der Waals surface area contributed by atoms with E-state index in [4.69, 9.17) is 0 Å². The summed E-state index contributed by atoms with van der Waals surface area (Å²) in [5.74, 6) is 1.11. The molecular formula is C14H23NO. The first-order valence-electron chi connectivity index (χ1n) is 5.98. The van der Waals surface area contributed by atoms with E-state index in [1.54, 1.807) is 0 Å². The van der Waals surface area contributed by atoms with Gasteiger partial charge < -0.3 is 10.0 Å². The summed E-state index contributed by atoms with van der Waals surface area (Å²) in [4.78, 5) is 2.07. The standard InChI is InChI=1S/C14H23NO/c1-5-11(2)8-12-6-7-14(16)13(9-12)10-15(3)4/h6-7,9,11,16H,5,8,10H2,1-4H3/t11-/m0/s1. The molecule has 0 spiro atoms. The number of phenolic OH excluding ortho intramolecular Hbond substituents is 1. The maximum absolute atomic E-state index is 9.75. The van der Waals surface area contributed by atoms with Gasteiger partial charge in [0, 0.05) is 12.1 Å². The van der Waals surface area contributed by atoms with Crippen LogP contribution in [0.25, 0.3) is 0 Å². The molecule has 2 nitrogen and oxygen atoms in total. The van der Waals surface area contributed by atoms with Crippen LogP contribution in [0.1, 0.15) is 31.4 Å². The van der Waals surface area contributed by atoms with Crippen LogP contribution in [0.4, 0.5) is 0 Å². The molecular weight excluding hydrogens is 198 g/mol. The normalized spacial score (nSPS) is 13.1. The number of aromatic hydroxyl groups is 1. The van der Waals surface area contributed by atoms with Gasteiger partial charge in [-0.1, -0.05) is 32.4 Å². The largest absolute Gasteiger partial charge is 0.508 e. The summed E-state index contributed by atoms with van der Waals surface area (Å²) in [6.45, 7) is 5.27. The van der Waals surface area contributed by atoms with Gasteiger partial charge in [0.1, 0.15) is 5.75 Å². The highest BCUT2D eigenvalue weighted by Crippen LogP contribution is 2.21. The van der Waals surface area contributed by atoms with Crippen LogP contribution in [-0.2, 0) is 13.0 Å². The monoisotopic (exact) mass is 221 g/mol. The molecule has 2 heteroatoms. The van der Waals surface area contributed by atoms with Crippen molar-refractivity contribution >= 4 is 0 Å². The summed E-state index contributed by atoms with van der Waals surface area (Å²) in [6, 6.07) is 5.97. The van der Waals surface area contributed by atoms with Crippen LogP contribution in [0, 0.1) is 5.92 Å². The van der Waals surface area contributed by atoms with Crippen molar-refractivity contribution in [3.8, 4) is 5.75 Å². The second-order valence-corrected chi connectivity index (χ2v) is 4.92. The molecule has 0 unspecified atom stereocenters. The fourth-order valence-electron chi connectivity index (χ4n) is 1.78. The van der Waals surface area contributed by atoms with E-state index in [-0.39, 0.29) is 0 Å². The minimum atomic E-state index is 0.404. The lowest BCUT2D eigenvalue weighted by Crippen LogP contribution is -2.11. The second-order valence-electron chi connectivity index (χ2n) is 4.92. The van der Waals surface area contributed by atoms with Crippen LogP contribution in [0.2, 0.25) is 0 Å². The Balaban J connectivity index is 2.80. The molecule has 0 aliphatic carbocycles. The van der Waals surface area contributed by atoms with E-state index in [1.165, 1.54) is 12.0 Å². The van der Waals surface area contributed by atoms with Crippen LogP contribution in [-0.4, -0.2) is 24.1 Å². The highest BCUT2D eigenvalue weighted by atomic mass is 16.3. The van der Waals surface area contributed by atoms with E-state index in [2.05, 4.69) is 24.8 Å². The summed E-state index contributed by atoms with van der Waals surface area (Å²) >= 11 is 0. The quantitative estimate of drug-likeness (QED) is 0.826. The molecule has 0 fully saturated rings. The third kappa shape index (κ3) is 3.86. The third-order valence-electron chi connectivity index (χ3n) is 2.91. The SMILES string of the molecule is CC[C@H](C)Cc1ccc(O)c(CN(C)C)c1. The van der Waals surface area contributed by atoms with Gasteiger partial charge in [0.25, 0.3) is 0 Å². The van der Waals surface area contributed by atoms with E-state index in [0.29, 0.717) is 11.7 Å². The fourth-order valence-corrected chi connectivity index (χ4v) is 1.78. The molecule has 1 aromatic carbocycles. The van der Waals surface area contributed by atoms with Crippen LogP contribution in [0.5, 0.6) is 5.75 Å². The first-order chi connectivity index (χ1) is 7.52. The fraction of sp³-hybridized carbons (Fsp3) is 0.571. The van der Waals surface area contributed by atoms with Gasteiger partial charge in [-0.2, -0.15) is 0 Å². The van der Waals surface area contributed by atoms with E-state index < -0.39 is 0 Å². The maximum Gasteiger partial charge on any atom is 0.120 e. The Morgan fingerprint density at radius 1 is 1.31 bits per heavy atom. The van der Waals surface area contributed by atoms with E-state index in [0.717, 1.165) is 18.5 Å². The first-order valence-corrected chi connectivity index (χ1v) is 5.98. The zero-order valence-corrected chi connectivity index (χ0v) is 10.8. The molecule has 1 atom stereocenters. The van der Waals surface area contributed by atoms with Crippen LogP contribution in [0.15, 0.2) is 18.2 Å². The minimum Gasteiger partial charge on any atom is -0.508 e. The number of rotatable bonds is 5. The molecule has 0 saturated heterocycles. The van der Waals surface area contributed by atoms with Crippen molar-refractivity contribution in [2.75, 3.05) is 14.1 Å². The highest BCUT2D eigenvalue weighted by molar-refractivity contribution is 5.36. The Kier molecular flexibility index (Phi) is 4.81. The number of nitrogens with zero attached hydrogens (tertiary/aromatic N) is 1. The smallest absolute Gasteiger partial charge is 0.120 e. The number of hydrogen-bond donors (Lipinski definition) is 1. The first kappa shape index (κ1) is 13.0. The van der Waals surface area contributed by atoms with Crippen LogP contribution < -0.4 is 0 Å². The average Bonchev–Trinajstić information content (AvgIpc) is 2.22. The van der Waals surface area contributed by atoms with Gasteiger partial charge in [0.15, 0.2) is 0 Å². The molecule has 1 aromatic rings. The Morgan fingerprint density at radius 2 is 2.00 bits per heavy atom. The molecule has 0 heterocycles. The molecule has 16 heavy (non-hydrogen) atoms. The van der Waals surface area contributed by atoms with Crippen LogP contribution >= 0.6 is 0 Å². The summed E-state index contributed by atoms with van der Waals surface area (Å²) < 4.78 is 0. The molecule has 0 aliphatic heterocycles. The van der Waals surface area contributed by atoms with Gasteiger partial charge in [0.2, 0.25) is 0 Å². The van der Waals surface area contributed by atoms with Gasteiger partial charge in [-0.3, -0.25) is 0 Å². The Bertz CT molecular complexity index is 334. The van der Waals surface area contributed by atoms with E-state index in [1.807, 2.05) is 26.2 Å². The molecule has 1 rings (SSSR count).